The predicted octanol–water partition coefficient (Wildman–Crippen LogP) is 1.04. The molecule has 0 radical (unpaired) electrons. The first-order valence-corrected chi connectivity index (χ1v) is 8.17. The summed E-state index contributed by atoms with van der Waals surface area (Å²) in [6.45, 7) is 1.46. The molecule has 2 rings (SSSR count). The van der Waals surface area contributed by atoms with Crippen LogP contribution in [0, 0.1) is 5.82 Å². The molecule has 0 aliphatic heterocycles. The summed E-state index contributed by atoms with van der Waals surface area (Å²) in [7, 11) is 3.44. The summed E-state index contributed by atoms with van der Waals surface area (Å²) in [5, 5.41) is 2.80. The number of benzene rings is 2. The van der Waals surface area contributed by atoms with Crippen LogP contribution in [0.4, 0.5) is 4.39 Å². The molecule has 2 aromatic rings. The Balaban J connectivity index is 1.69. The van der Waals surface area contributed by atoms with Gasteiger partial charge < -0.3 is 19.7 Å². The molecule has 134 valence electrons. The van der Waals surface area contributed by atoms with E-state index in [0.29, 0.717) is 36.8 Å². The van der Waals surface area contributed by atoms with E-state index < -0.39 is 0 Å². The van der Waals surface area contributed by atoms with Gasteiger partial charge in [-0.2, -0.15) is 0 Å². The van der Waals surface area contributed by atoms with Crippen LogP contribution in [-0.4, -0.2) is 39.8 Å². The molecule has 6 heteroatoms. The van der Waals surface area contributed by atoms with Crippen molar-refractivity contribution in [1.82, 2.24) is 5.32 Å². The highest BCUT2D eigenvalue weighted by molar-refractivity contribution is 5.76. The molecule has 0 aliphatic carbocycles. The quantitative estimate of drug-likeness (QED) is 0.667. The van der Waals surface area contributed by atoms with E-state index in [0.717, 1.165) is 4.90 Å². The van der Waals surface area contributed by atoms with Crippen molar-refractivity contribution < 1.29 is 23.6 Å². The van der Waals surface area contributed by atoms with Gasteiger partial charge in [0.1, 0.15) is 19.0 Å². The number of amides is 1. The minimum Gasteiger partial charge on any atom is -0.493 e. The van der Waals surface area contributed by atoms with E-state index in [4.69, 9.17) is 9.47 Å². The van der Waals surface area contributed by atoms with E-state index in [-0.39, 0.29) is 18.3 Å². The van der Waals surface area contributed by atoms with Gasteiger partial charge in [0.05, 0.1) is 20.7 Å². The van der Waals surface area contributed by atoms with Gasteiger partial charge in [0.25, 0.3) is 5.91 Å². The zero-order chi connectivity index (χ0) is 18.1. The van der Waals surface area contributed by atoms with Crippen LogP contribution < -0.4 is 19.7 Å². The Morgan fingerprint density at radius 1 is 1.12 bits per heavy atom. The Morgan fingerprint density at radius 2 is 1.80 bits per heavy atom. The van der Waals surface area contributed by atoms with Gasteiger partial charge in [-0.05, 0) is 18.2 Å². The van der Waals surface area contributed by atoms with Crippen molar-refractivity contribution >= 4 is 5.91 Å². The Hall–Kier alpha value is -2.60. The van der Waals surface area contributed by atoms with Crippen molar-refractivity contribution in [3.8, 4) is 11.5 Å². The fourth-order valence-electron chi connectivity index (χ4n) is 2.46. The van der Waals surface area contributed by atoms with Gasteiger partial charge in [0.15, 0.2) is 18.0 Å². The second-order valence-electron chi connectivity index (χ2n) is 5.75. The molecule has 1 amide bonds. The summed E-state index contributed by atoms with van der Waals surface area (Å²) in [6.07, 6.45) is 0. The molecule has 2 aromatic carbocycles. The maximum atomic E-state index is 13.6. The summed E-state index contributed by atoms with van der Waals surface area (Å²) in [5.41, 5.74) is 0.604. The van der Waals surface area contributed by atoms with Crippen molar-refractivity contribution in [2.75, 3.05) is 33.9 Å². The molecule has 1 unspecified atom stereocenters. The molecular formula is C19H24FN2O3+. The van der Waals surface area contributed by atoms with Gasteiger partial charge in [0, 0.05) is 5.56 Å². The highest BCUT2D eigenvalue weighted by Crippen LogP contribution is 2.25. The van der Waals surface area contributed by atoms with Crippen molar-refractivity contribution in [1.29, 1.82) is 0 Å². The Bertz CT molecular complexity index is 694. The smallest absolute Gasteiger partial charge is 0.275 e. The largest absolute Gasteiger partial charge is 0.493 e. The number of para-hydroxylation sites is 2. The summed E-state index contributed by atoms with van der Waals surface area (Å²) < 4.78 is 24.4. The van der Waals surface area contributed by atoms with E-state index >= 15 is 0 Å². The lowest BCUT2D eigenvalue weighted by atomic mass is 10.2. The van der Waals surface area contributed by atoms with Gasteiger partial charge in [-0.15, -0.1) is 0 Å². The third-order valence-corrected chi connectivity index (χ3v) is 3.66. The minimum absolute atomic E-state index is 0.0996. The molecule has 0 fully saturated rings. The highest BCUT2D eigenvalue weighted by Gasteiger charge is 2.12. The molecule has 0 saturated heterocycles. The molecular weight excluding hydrogens is 323 g/mol. The van der Waals surface area contributed by atoms with Crippen molar-refractivity contribution in [2.45, 2.75) is 6.54 Å². The van der Waals surface area contributed by atoms with Gasteiger partial charge in [0.2, 0.25) is 0 Å². The van der Waals surface area contributed by atoms with Crippen LogP contribution in [0.1, 0.15) is 5.56 Å². The van der Waals surface area contributed by atoms with E-state index in [2.05, 4.69) is 5.32 Å². The molecule has 0 aliphatic rings. The topological polar surface area (TPSA) is 52.0 Å². The van der Waals surface area contributed by atoms with Crippen molar-refractivity contribution in [2.24, 2.45) is 0 Å². The summed E-state index contributed by atoms with van der Waals surface area (Å²) >= 11 is 0. The molecule has 0 aromatic heterocycles. The maximum absolute atomic E-state index is 13.6. The number of hydrogen-bond donors (Lipinski definition) is 2. The second-order valence-corrected chi connectivity index (χ2v) is 5.75. The zero-order valence-electron chi connectivity index (χ0n) is 14.5. The molecule has 0 spiro atoms. The molecule has 0 bridgehead atoms. The number of likely N-dealkylation sites (N-methyl/N-ethyl adjacent to an activating group) is 1. The van der Waals surface area contributed by atoms with Gasteiger partial charge in [-0.25, -0.2) is 4.39 Å². The lowest BCUT2D eigenvalue weighted by molar-refractivity contribution is -0.885. The Morgan fingerprint density at radius 3 is 2.52 bits per heavy atom. The summed E-state index contributed by atoms with van der Waals surface area (Å²) in [6, 6.07) is 14.0. The van der Waals surface area contributed by atoms with Crippen LogP contribution in [0.25, 0.3) is 0 Å². The number of methoxy groups -OCH3 is 1. The molecule has 25 heavy (non-hydrogen) atoms. The third kappa shape index (κ3) is 6.08. The average molecular weight is 347 g/mol. The SMILES string of the molecule is COc1ccccc1OCCNC(=O)C[NH+](C)Cc1ccccc1F. The summed E-state index contributed by atoms with van der Waals surface area (Å²) in [4.78, 5) is 12.9. The zero-order valence-corrected chi connectivity index (χ0v) is 14.5. The molecule has 1 atom stereocenters. The molecule has 2 N–H and O–H groups in total. The van der Waals surface area contributed by atoms with Gasteiger partial charge in [-0.3, -0.25) is 4.79 Å². The average Bonchev–Trinajstić information content (AvgIpc) is 2.61. The minimum atomic E-state index is -0.243. The van der Waals surface area contributed by atoms with E-state index in [1.807, 2.05) is 31.3 Å². The van der Waals surface area contributed by atoms with Crippen molar-refractivity contribution in [3.63, 3.8) is 0 Å². The highest BCUT2D eigenvalue weighted by atomic mass is 19.1. The standard InChI is InChI=1S/C19H23FN2O3/c1-22(13-15-7-3-4-8-16(15)20)14-19(23)21-11-12-25-18-10-6-5-9-17(18)24-2/h3-10H,11-14H2,1-2H3,(H,21,23)/p+1. The third-order valence-electron chi connectivity index (χ3n) is 3.66. The molecule has 0 saturated carbocycles. The number of carbonyl (C=O) groups excluding carboxylic acids is 1. The number of ether oxygens (including phenoxy) is 2. The number of halogens is 1. The van der Waals surface area contributed by atoms with Crippen LogP contribution in [-0.2, 0) is 11.3 Å². The Kier molecular flexibility index (Phi) is 7.22. The van der Waals surface area contributed by atoms with Crippen LogP contribution in [0.3, 0.4) is 0 Å². The molecule has 0 heterocycles. The maximum Gasteiger partial charge on any atom is 0.275 e. The van der Waals surface area contributed by atoms with Gasteiger partial charge >= 0.3 is 0 Å². The lowest BCUT2D eigenvalue weighted by Crippen LogP contribution is -3.09. The van der Waals surface area contributed by atoms with Crippen LogP contribution in [0.2, 0.25) is 0 Å². The monoisotopic (exact) mass is 347 g/mol. The molecule has 5 nitrogen and oxygen atoms in total. The van der Waals surface area contributed by atoms with Crippen LogP contribution in [0.15, 0.2) is 48.5 Å². The fourth-order valence-corrected chi connectivity index (χ4v) is 2.46. The Labute approximate surface area is 147 Å². The number of hydrogen-bond acceptors (Lipinski definition) is 3. The predicted molar refractivity (Wildman–Crippen MR) is 93.4 cm³/mol. The number of carbonyl (C=O) groups is 1. The van der Waals surface area contributed by atoms with Gasteiger partial charge in [-0.1, -0.05) is 30.3 Å². The first-order chi connectivity index (χ1) is 12.1. The number of quaternary nitrogens is 1. The number of rotatable bonds is 9. The fraction of sp³-hybridized carbons (Fsp3) is 0.316. The first-order valence-electron chi connectivity index (χ1n) is 8.17. The lowest BCUT2D eigenvalue weighted by Gasteiger charge is -2.15. The normalized spacial score (nSPS) is 11.6. The van der Waals surface area contributed by atoms with Crippen LogP contribution >= 0.6 is 0 Å². The van der Waals surface area contributed by atoms with E-state index in [1.54, 1.807) is 25.3 Å². The van der Waals surface area contributed by atoms with Crippen molar-refractivity contribution in [3.05, 3.63) is 59.9 Å². The van der Waals surface area contributed by atoms with E-state index in [1.165, 1.54) is 6.07 Å². The van der Waals surface area contributed by atoms with Crippen LogP contribution in [0.5, 0.6) is 11.5 Å². The van der Waals surface area contributed by atoms with E-state index in [9.17, 15) is 9.18 Å². The first kappa shape index (κ1) is 18.7. The second kappa shape index (κ2) is 9.64. The number of nitrogens with one attached hydrogen (secondary N) is 2. The summed E-state index contributed by atoms with van der Waals surface area (Å²) in [5.74, 6) is 0.953.